The van der Waals surface area contributed by atoms with E-state index in [-0.39, 0.29) is 18.4 Å². The van der Waals surface area contributed by atoms with Gasteiger partial charge in [-0.3, -0.25) is 9.59 Å². The van der Waals surface area contributed by atoms with Gasteiger partial charge < -0.3 is 15.5 Å². The maximum Gasteiger partial charge on any atom is 0.251 e. The lowest BCUT2D eigenvalue weighted by Gasteiger charge is -2.23. The molecule has 0 bridgehead atoms. The van der Waals surface area contributed by atoms with Crippen molar-refractivity contribution >= 4 is 23.2 Å². The molecule has 0 heterocycles. The highest BCUT2D eigenvalue weighted by molar-refractivity contribution is 5.97. The minimum absolute atomic E-state index is 0.0361. The van der Waals surface area contributed by atoms with Crippen LogP contribution in [0.25, 0.3) is 0 Å². The molecular weight excluding hydrogens is 350 g/mol. The number of carbonyl (C=O) groups excluding carboxylic acids is 2. The SMILES string of the molecule is CCN(CC(=O)Nc1ccc(C(=O)NC2CCCCC2)cc1)c1ccccc1. The van der Waals surface area contributed by atoms with E-state index in [0.29, 0.717) is 17.3 Å². The van der Waals surface area contributed by atoms with Gasteiger partial charge in [0.2, 0.25) is 5.91 Å². The van der Waals surface area contributed by atoms with Gasteiger partial charge in [0.1, 0.15) is 0 Å². The number of para-hydroxylation sites is 1. The van der Waals surface area contributed by atoms with Crippen molar-refractivity contribution in [2.75, 3.05) is 23.3 Å². The van der Waals surface area contributed by atoms with Gasteiger partial charge in [0, 0.05) is 29.5 Å². The van der Waals surface area contributed by atoms with Gasteiger partial charge in [-0.2, -0.15) is 0 Å². The van der Waals surface area contributed by atoms with E-state index in [4.69, 9.17) is 0 Å². The van der Waals surface area contributed by atoms with Crippen LogP contribution in [0, 0.1) is 0 Å². The summed E-state index contributed by atoms with van der Waals surface area (Å²) in [6, 6.07) is 17.3. The fraction of sp³-hybridized carbons (Fsp3) is 0.391. The smallest absolute Gasteiger partial charge is 0.251 e. The predicted octanol–water partition coefficient (Wildman–Crippen LogP) is 4.21. The van der Waals surface area contributed by atoms with Gasteiger partial charge in [0.15, 0.2) is 0 Å². The van der Waals surface area contributed by atoms with Crippen molar-refractivity contribution in [3.05, 3.63) is 60.2 Å². The number of nitrogens with zero attached hydrogens (tertiary/aromatic N) is 1. The van der Waals surface area contributed by atoms with Crippen LogP contribution in [0.15, 0.2) is 54.6 Å². The second-order valence-electron chi connectivity index (χ2n) is 7.28. The van der Waals surface area contributed by atoms with Crippen LogP contribution in [0.2, 0.25) is 0 Å². The Morgan fingerprint density at radius 2 is 1.64 bits per heavy atom. The second-order valence-corrected chi connectivity index (χ2v) is 7.28. The summed E-state index contributed by atoms with van der Waals surface area (Å²) < 4.78 is 0. The molecule has 0 unspecified atom stereocenters. The van der Waals surface area contributed by atoms with Crippen LogP contribution in [0.1, 0.15) is 49.4 Å². The molecule has 0 saturated heterocycles. The summed E-state index contributed by atoms with van der Waals surface area (Å²) in [5, 5.41) is 6.03. The molecular formula is C23H29N3O2. The first-order valence-electron chi connectivity index (χ1n) is 10.2. The largest absolute Gasteiger partial charge is 0.362 e. The van der Waals surface area contributed by atoms with E-state index in [9.17, 15) is 9.59 Å². The minimum atomic E-state index is -0.0786. The van der Waals surface area contributed by atoms with Crippen LogP contribution in [0.4, 0.5) is 11.4 Å². The second kappa shape index (κ2) is 9.93. The average molecular weight is 380 g/mol. The van der Waals surface area contributed by atoms with E-state index in [1.807, 2.05) is 42.2 Å². The fourth-order valence-corrected chi connectivity index (χ4v) is 3.62. The monoisotopic (exact) mass is 379 g/mol. The molecule has 1 aliphatic carbocycles. The van der Waals surface area contributed by atoms with Crippen LogP contribution in [0.5, 0.6) is 0 Å². The van der Waals surface area contributed by atoms with Crippen LogP contribution >= 0.6 is 0 Å². The molecule has 0 aliphatic heterocycles. The molecule has 2 aromatic carbocycles. The van der Waals surface area contributed by atoms with Crippen molar-refractivity contribution in [2.45, 2.75) is 45.1 Å². The average Bonchev–Trinajstić information content (AvgIpc) is 2.74. The number of benzene rings is 2. The van der Waals surface area contributed by atoms with E-state index in [2.05, 4.69) is 10.6 Å². The molecule has 3 rings (SSSR count). The highest BCUT2D eigenvalue weighted by Crippen LogP contribution is 2.18. The summed E-state index contributed by atoms with van der Waals surface area (Å²) in [5.74, 6) is -0.115. The van der Waals surface area contributed by atoms with Gasteiger partial charge >= 0.3 is 0 Å². The third-order valence-electron chi connectivity index (χ3n) is 5.21. The Balaban J connectivity index is 1.53. The molecule has 0 radical (unpaired) electrons. The molecule has 148 valence electrons. The van der Waals surface area contributed by atoms with Gasteiger partial charge in [-0.25, -0.2) is 0 Å². The lowest BCUT2D eigenvalue weighted by atomic mass is 9.95. The fourth-order valence-electron chi connectivity index (χ4n) is 3.62. The number of rotatable bonds is 7. The number of hydrogen-bond acceptors (Lipinski definition) is 3. The van der Waals surface area contributed by atoms with Gasteiger partial charge in [0.25, 0.3) is 5.91 Å². The zero-order valence-corrected chi connectivity index (χ0v) is 16.5. The third kappa shape index (κ3) is 5.59. The molecule has 28 heavy (non-hydrogen) atoms. The van der Waals surface area contributed by atoms with E-state index in [1.165, 1.54) is 19.3 Å². The Bertz CT molecular complexity index is 768. The normalized spacial score (nSPS) is 14.3. The molecule has 1 aliphatic rings. The van der Waals surface area contributed by atoms with Crippen molar-refractivity contribution < 1.29 is 9.59 Å². The van der Waals surface area contributed by atoms with E-state index in [0.717, 1.165) is 25.1 Å². The minimum Gasteiger partial charge on any atom is -0.362 e. The molecule has 5 nitrogen and oxygen atoms in total. The van der Waals surface area contributed by atoms with Crippen LogP contribution in [-0.4, -0.2) is 30.9 Å². The van der Waals surface area contributed by atoms with Crippen molar-refractivity contribution in [1.82, 2.24) is 5.32 Å². The topological polar surface area (TPSA) is 61.4 Å². The van der Waals surface area contributed by atoms with Crippen LogP contribution in [0.3, 0.4) is 0 Å². The van der Waals surface area contributed by atoms with Crippen LogP contribution in [-0.2, 0) is 4.79 Å². The first-order chi connectivity index (χ1) is 13.7. The van der Waals surface area contributed by atoms with Crippen molar-refractivity contribution in [1.29, 1.82) is 0 Å². The standard InChI is InChI=1S/C23H29N3O2/c1-2-26(21-11-7-4-8-12-21)17-22(27)24-20-15-13-18(14-16-20)23(28)25-19-9-5-3-6-10-19/h4,7-8,11-16,19H,2-3,5-6,9-10,17H2,1H3,(H,24,27)(H,25,28). The van der Waals surface area contributed by atoms with Crippen molar-refractivity contribution in [3.63, 3.8) is 0 Å². The quantitative estimate of drug-likeness (QED) is 0.757. The Labute approximate surface area is 167 Å². The van der Waals surface area contributed by atoms with Crippen LogP contribution < -0.4 is 15.5 Å². The molecule has 0 aromatic heterocycles. The van der Waals surface area contributed by atoms with Crippen molar-refractivity contribution in [2.24, 2.45) is 0 Å². The summed E-state index contributed by atoms with van der Waals surface area (Å²) in [6.45, 7) is 3.06. The van der Waals surface area contributed by atoms with E-state index in [1.54, 1.807) is 24.3 Å². The zero-order valence-electron chi connectivity index (χ0n) is 16.5. The summed E-state index contributed by atoms with van der Waals surface area (Å²) in [4.78, 5) is 26.8. The van der Waals surface area contributed by atoms with Gasteiger partial charge in [0.05, 0.1) is 6.54 Å². The summed E-state index contributed by atoms with van der Waals surface area (Å²) >= 11 is 0. The highest BCUT2D eigenvalue weighted by atomic mass is 16.2. The highest BCUT2D eigenvalue weighted by Gasteiger charge is 2.16. The number of hydrogen-bond donors (Lipinski definition) is 2. The molecule has 2 aromatic rings. The molecule has 2 amide bonds. The molecule has 2 N–H and O–H groups in total. The Hall–Kier alpha value is -2.82. The Morgan fingerprint density at radius 1 is 0.964 bits per heavy atom. The number of anilines is 2. The molecule has 0 spiro atoms. The number of amides is 2. The number of likely N-dealkylation sites (N-methyl/N-ethyl adjacent to an activating group) is 1. The Morgan fingerprint density at radius 3 is 2.29 bits per heavy atom. The summed E-state index contributed by atoms with van der Waals surface area (Å²) in [5.41, 5.74) is 2.35. The van der Waals surface area contributed by atoms with Gasteiger partial charge in [-0.05, 0) is 56.2 Å². The lowest BCUT2D eigenvalue weighted by Crippen LogP contribution is -2.36. The third-order valence-corrected chi connectivity index (χ3v) is 5.21. The first-order valence-corrected chi connectivity index (χ1v) is 10.2. The molecule has 1 fully saturated rings. The summed E-state index contributed by atoms with van der Waals surface area (Å²) in [6.07, 6.45) is 5.77. The Kier molecular flexibility index (Phi) is 7.06. The molecule has 1 saturated carbocycles. The van der Waals surface area contributed by atoms with Gasteiger partial charge in [-0.1, -0.05) is 37.5 Å². The summed E-state index contributed by atoms with van der Waals surface area (Å²) in [7, 11) is 0. The maximum absolute atomic E-state index is 12.4. The van der Waals surface area contributed by atoms with E-state index >= 15 is 0 Å². The number of carbonyl (C=O) groups is 2. The zero-order chi connectivity index (χ0) is 19.8. The van der Waals surface area contributed by atoms with Gasteiger partial charge in [-0.15, -0.1) is 0 Å². The predicted molar refractivity (Wildman–Crippen MR) is 114 cm³/mol. The van der Waals surface area contributed by atoms with E-state index < -0.39 is 0 Å². The number of nitrogens with one attached hydrogen (secondary N) is 2. The maximum atomic E-state index is 12.4. The molecule has 0 atom stereocenters. The molecule has 5 heteroatoms. The first kappa shape index (κ1) is 19.9. The lowest BCUT2D eigenvalue weighted by molar-refractivity contribution is -0.115. The van der Waals surface area contributed by atoms with Crippen molar-refractivity contribution in [3.8, 4) is 0 Å².